The zero-order valence-electron chi connectivity index (χ0n) is 19.1. The van der Waals surface area contributed by atoms with Gasteiger partial charge in [-0.3, -0.25) is 4.79 Å². The quantitative estimate of drug-likeness (QED) is 0.478. The van der Waals surface area contributed by atoms with Crippen molar-refractivity contribution < 1.29 is 17.6 Å². The van der Waals surface area contributed by atoms with Crippen molar-refractivity contribution in [3.05, 3.63) is 70.3 Å². The summed E-state index contributed by atoms with van der Waals surface area (Å²) in [6.07, 6.45) is 2.39. The molecular weight excluding hydrogens is 473 g/mol. The predicted molar refractivity (Wildman–Crippen MR) is 131 cm³/mol. The van der Waals surface area contributed by atoms with Gasteiger partial charge in [-0.25, -0.2) is 22.5 Å². The third kappa shape index (κ3) is 5.89. The first kappa shape index (κ1) is 24.5. The van der Waals surface area contributed by atoms with Crippen LogP contribution in [0.15, 0.2) is 58.8 Å². The molecule has 1 aliphatic rings. The standard InChI is InChI=1S/C25H28FN3O3S2/c1-16(18-6-10-21(26)11-7-18)27-25(30)19-8-12-22(13-9-19)29-34(31,32)23-5-3-4-20(14-23)24-15-33-17(2)28-24/h3-7,10-11,14-16,19,22,29H,8-9,12-13H2,1-2H3,(H,27,30)/t16-,19?,22?/m1/s1. The van der Waals surface area contributed by atoms with Crippen molar-refractivity contribution >= 4 is 27.3 Å². The molecule has 3 aromatic rings. The predicted octanol–water partition coefficient (Wildman–Crippen LogP) is 4.97. The van der Waals surface area contributed by atoms with Crippen LogP contribution in [0, 0.1) is 18.7 Å². The molecule has 180 valence electrons. The summed E-state index contributed by atoms with van der Waals surface area (Å²) in [5.41, 5.74) is 2.37. The molecule has 2 aromatic carbocycles. The topological polar surface area (TPSA) is 88.2 Å². The molecule has 1 aliphatic carbocycles. The minimum Gasteiger partial charge on any atom is -0.349 e. The van der Waals surface area contributed by atoms with E-state index in [1.807, 2.05) is 25.3 Å². The minimum absolute atomic E-state index is 0.0515. The normalized spacial score (nSPS) is 19.5. The van der Waals surface area contributed by atoms with E-state index in [4.69, 9.17) is 0 Å². The van der Waals surface area contributed by atoms with Gasteiger partial charge in [-0.15, -0.1) is 11.3 Å². The lowest BCUT2D eigenvalue weighted by molar-refractivity contribution is -0.126. The van der Waals surface area contributed by atoms with Crippen molar-refractivity contribution in [3.63, 3.8) is 0 Å². The largest absolute Gasteiger partial charge is 0.349 e. The molecule has 0 spiro atoms. The second kappa shape index (κ2) is 10.3. The molecule has 0 radical (unpaired) electrons. The average molecular weight is 502 g/mol. The third-order valence-electron chi connectivity index (χ3n) is 6.21. The molecule has 1 saturated carbocycles. The van der Waals surface area contributed by atoms with Crippen LogP contribution in [-0.4, -0.2) is 25.4 Å². The van der Waals surface area contributed by atoms with Gasteiger partial charge in [0, 0.05) is 22.9 Å². The molecule has 1 aromatic heterocycles. The maximum Gasteiger partial charge on any atom is 0.240 e. The van der Waals surface area contributed by atoms with Crippen LogP contribution in [-0.2, 0) is 14.8 Å². The number of hydrogen-bond donors (Lipinski definition) is 2. The van der Waals surface area contributed by atoms with Crippen LogP contribution in [0.2, 0.25) is 0 Å². The first-order chi connectivity index (χ1) is 16.2. The molecule has 1 heterocycles. The molecule has 1 atom stereocenters. The number of carbonyl (C=O) groups is 1. The zero-order valence-corrected chi connectivity index (χ0v) is 20.8. The second-order valence-electron chi connectivity index (χ2n) is 8.73. The number of sulfonamides is 1. The number of halogens is 1. The maximum absolute atomic E-state index is 13.1. The van der Waals surface area contributed by atoms with Gasteiger partial charge in [0.05, 0.1) is 21.6 Å². The van der Waals surface area contributed by atoms with Crippen molar-refractivity contribution in [1.82, 2.24) is 15.0 Å². The molecule has 4 rings (SSSR count). The molecule has 0 unspecified atom stereocenters. The second-order valence-corrected chi connectivity index (χ2v) is 11.5. The lowest BCUT2D eigenvalue weighted by atomic mass is 9.85. The van der Waals surface area contributed by atoms with Gasteiger partial charge in [0.1, 0.15) is 5.82 Å². The van der Waals surface area contributed by atoms with Gasteiger partial charge in [0.25, 0.3) is 0 Å². The van der Waals surface area contributed by atoms with E-state index in [9.17, 15) is 17.6 Å². The summed E-state index contributed by atoms with van der Waals surface area (Å²) in [6, 6.07) is 12.4. The van der Waals surface area contributed by atoms with E-state index in [0.717, 1.165) is 21.8 Å². The highest BCUT2D eigenvalue weighted by Crippen LogP contribution is 2.28. The highest BCUT2D eigenvalue weighted by molar-refractivity contribution is 7.89. The van der Waals surface area contributed by atoms with Gasteiger partial charge in [0.15, 0.2) is 0 Å². The minimum atomic E-state index is -3.69. The van der Waals surface area contributed by atoms with Crippen molar-refractivity contribution in [2.24, 2.45) is 5.92 Å². The number of hydrogen-bond acceptors (Lipinski definition) is 5. The number of thiazole rings is 1. The third-order valence-corrected chi connectivity index (χ3v) is 8.50. The fourth-order valence-electron chi connectivity index (χ4n) is 4.25. The molecule has 6 nitrogen and oxygen atoms in total. The van der Waals surface area contributed by atoms with Crippen molar-refractivity contribution in [3.8, 4) is 11.3 Å². The van der Waals surface area contributed by atoms with Crippen LogP contribution in [0.5, 0.6) is 0 Å². The zero-order chi connectivity index (χ0) is 24.3. The number of rotatable bonds is 7. The van der Waals surface area contributed by atoms with E-state index in [0.29, 0.717) is 25.7 Å². The van der Waals surface area contributed by atoms with E-state index in [-0.39, 0.29) is 34.6 Å². The monoisotopic (exact) mass is 501 g/mol. The highest BCUT2D eigenvalue weighted by atomic mass is 32.2. The van der Waals surface area contributed by atoms with Gasteiger partial charge in [0.2, 0.25) is 15.9 Å². The number of nitrogens with zero attached hydrogens (tertiary/aromatic N) is 1. The molecule has 0 aliphatic heterocycles. The average Bonchev–Trinajstić information content (AvgIpc) is 3.26. The Bertz CT molecular complexity index is 1250. The van der Waals surface area contributed by atoms with Crippen LogP contribution in [0.1, 0.15) is 49.2 Å². The Morgan fingerprint density at radius 2 is 1.82 bits per heavy atom. The van der Waals surface area contributed by atoms with Crippen LogP contribution >= 0.6 is 11.3 Å². The molecular formula is C25H28FN3O3S2. The number of aryl methyl sites for hydroxylation is 1. The number of nitrogens with one attached hydrogen (secondary N) is 2. The lowest BCUT2D eigenvalue weighted by Crippen LogP contribution is -2.41. The molecule has 2 N–H and O–H groups in total. The van der Waals surface area contributed by atoms with Gasteiger partial charge < -0.3 is 5.32 Å². The van der Waals surface area contributed by atoms with E-state index < -0.39 is 10.0 Å². The number of carbonyl (C=O) groups excluding carboxylic acids is 1. The summed E-state index contributed by atoms with van der Waals surface area (Å²) in [6.45, 7) is 3.78. The van der Waals surface area contributed by atoms with Gasteiger partial charge >= 0.3 is 0 Å². The number of amides is 1. The van der Waals surface area contributed by atoms with Crippen molar-refractivity contribution in [1.29, 1.82) is 0 Å². The first-order valence-corrected chi connectivity index (χ1v) is 13.7. The van der Waals surface area contributed by atoms with Gasteiger partial charge in [-0.05, 0) is 69.4 Å². The number of aromatic nitrogens is 1. The highest BCUT2D eigenvalue weighted by Gasteiger charge is 2.30. The molecule has 1 fully saturated rings. The van der Waals surface area contributed by atoms with Crippen molar-refractivity contribution in [2.45, 2.75) is 56.5 Å². The summed E-state index contributed by atoms with van der Waals surface area (Å²) >= 11 is 1.52. The Hall–Kier alpha value is -2.62. The maximum atomic E-state index is 13.1. The number of benzene rings is 2. The first-order valence-electron chi connectivity index (χ1n) is 11.3. The van der Waals surface area contributed by atoms with E-state index >= 15 is 0 Å². The van der Waals surface area contributed by atoms with Crippen LogP contribution < -0.4 is 10.0 Å². The SMILES string of the molecule is Cc1nc(-c2cccc(S(=O)(=O)NC3CCC(C(=O)N[C@H](C)c4ccc(F)cc4)CC3)c2)cs1. The van der Waals surface area contributed by atoms with Crippen LogP contribution in [0.3, 0.4) is 0 Å². The Balaban J connectivity index is 1.32. The van der Waals surface area contributed by atoms with Gasteiger partial charge in [-0.2, -0.15) is 0 Å². The van der Waals surface area contributed by atoms with Crippen LogP contribution in [0.25, 0.3) is 11.3 Å². The Morgan fingerprint density at radius 1 is 1.12 bits per heavy atom. The smallest absolute Gasteiger partial charge is 0.240 e. The van der Waals surface area contributed by atoms with E-state index in [1.54, 1.807) is 30.3 Å². The summed E-state index contributed by atoms with van der Waals surface area (Å²) < 4.78 is 41.9. The summed E-state index contributed by atoms with van der Waals surface area (Å²) in [5, 5.41) is 5.83. The van der Waals surface area contributed by atoms with Crippen molar-refractivity contribution in [2.75, 3.05) is 0 Å². The lowest BCUT2D eigenvalue weighted by Gasteiger charge is -2.29. The summed E-state index contributed by atoms with van der Waals surface area (Å²) in [7, 11) is -3.69. The van der Waals surface area contributed by atoms with E-state index in [1.165, 1.54) is 23.5 Å². The molecule has 1 amide bonds. The molecule has 0 bridgehead atoms. The Labute approximate surface area is 203 Å². The van der Waals surface area contributed by atoms with Gasteiger partial charge in [-0.1, -0.05) is 24.3 Å². The molecule has 9 heteroatoms. The molecule has 34 heavy (non-hydrogen) atoms. The fourth-order valence-corrected chi connectivity index (χ4v) is 6.22. The summed E-state index contributed by atoms with van der Waals surface area (Å²) in [5.74, 6) is -0.530. The van der Waals surface area contributed by atoms with Crippen LogP contribution in [0.4, 0.5) is 4.39 Å². The summed E-state index contributed by atoms with van der Waals surface area (Å²) in [4.78, 5) is 17.4. The molecule has 0 saturated heterocycles. The Kier molecular flexibility index (Phi) is 7.45. The fraction of sp³-hybridized carbons (Fsp3) is 0.360. The van der Waals surface area contributed by atoms with E-state index in [2.05, 4.69) is 15.0 Å². The Morgan fingerprint density at radius 3 is 2.47 bits per heavy atom.